The fourth-order valence-corrected chi connectivity index (χ4v) is 3.13. The molecule has 0 amide bonds. The van der Waals surface area contributed by atoms with Crippen molar-refractivity contribution in [3.63, 3.8) is 0 Å². The molecule has 1 aromatic carbocycles. The van der Waals surface area contributed by atoms with Crippen LogP contribution in [0.2, 0.25) is 0 Å². The molecule has 1 aromatic heterocycles. The van der Waals surface area contributed by atoms with Crippen molar-refractivity contribution in [1.29, 1.82) is 5.26 Å². The van der Waals surface area contributed by atoms with E-state index in [0.29, 0.717) is 24.3 Å². The van der Waals surface area contributed by atoms with E-state index in [9.17, 15) is 4.79 Å². The van der Waals surface area contributed by atoms with Crippen molar-refractivity contribution in [2.24, 2.45) is 13.0 Å². The number of nitrogens with zero attached hydrogens (tertiary/aromatic N) is 4. The minimum absolute atomic E-state index is 0.0934. The molecule has 2 aromatic rings. The number of ketones is 1. The number of likely N-dealkylation sites (tertiary alicyclic amines) is 1. The summed E-state index contributed by atoms with van der Waals surface area (Å²) in [7, 11) is 3.46. The van der Waals surface area contributed by atoms with Gasteiger partial charge in [0, 0.05) is 49.4 Å². The maximum Gasteiger partial charge on any atom is 0.179 e. The van der Waals surface area contributed by atoms with Crippen molar-refractivity contribution in [3.05, 3.63) is 36.2 Å². The average molecular weight is 324 g/mol. The number of carbonyl (C=O) groups excluding carboxylic acids is 1. The van der Waals surface area contributed by atoms with Crippen molar-refractivity contribution < 1.29 is 9.53 Å². The number of aromatic nitrogens is 2. The highest BCUT2D eigenvalue weighted by atomic mass is 16.5. The van der Waals surface area contributed by atoms with Crippen LogP contribution in [0, 0.1) is 17.4 Å². The molecule has 1 aliphatic rings. The van der Waals surface area contributed by atoms with Crippen LogP contribution in [0.4, 0.5) is 0 Å². The number of nitriles is 1. The van der Waals surface area contributed by atoms with Gasteiger partial charge in [0.05, 0.1) is 13.3 Å². The summed E-state index contributed by atoms with van der Waals surface area (Å²) in [5.41, 5.74) is 2.52. The second kappa shape index (κ2) is 6.75. The van der Waals surface area contributed by atoms with Crippen LogP contribution < -0.4 is 4.74 Å². The van der Waals surface area contributed by atoms with Crippen molar-refractivity contribution in [1.82, 2.24) is 14.7 Å². The molecule has 0 aliphatic carbocycles. The van der Waals surface area contributed by atoms with E-state index in [1.54, 1.807) is 29.0 Å². The molecule has 6 heteroatoms. The Balaban J connectivity index is 1.77. The predicted octanol–water partition coefficient (Wildman–Crippen LogP) is 2.47. The van der Waals surface area contributed by atoms with Gasteiger partial charge in [-0.2, -0.15) is 10.4 Å². The fraction of sp³-hybridized carbons (Fsp3) is 0.389. The number of hydrogen-bond donors (Lipinski definition) is 0. The van der Waals surface area contributed by atoms with Crippen molar-refractivity contribution >= 4 is 5.78 Å². The molecule has 2 heterocycles. The highest BCUT2D eigenvalue weighted by Gasteiger charge is 2.24. The Morgan fingerprint density at radius 1 is 1.50 bits per heavy atom. The fourth-order valence-electron chi connectivity index (χ4n) is 3.13. The molecule has 0 unspecified atom stereocenters. The van der Waals surface area contributed by atoms with Gasteiger partial charge in [-0.05, 0) is 24.5 Å². The summed E-state index contributed by atoms with van der Waals surface area (Å²) in [6, 6.07) is 5.53. The molecule has 124 valence electrons. The first-order chi connectivity index (χ1) is 11.6. The van der Waals surface area contributed by atoms with Crippen LogP contribution in [0.25, 0.3) is 11.1 Å². The minimum atomic E-state index is 0.0934. The Morgan fingerprint density at radius 3 is 2.96 bits per heavy atom. The van der Waals surface area contributed by atoms with Gasteiger partial charge in [-0.3, -0.25) is 9.48 Å². The first-order valence-corrected chi connectivity index (χ1v) is 7.95. The van der Waals surface area contributed by atoms with Gasteiger partial charge in [-0.25, -0.2) is 0 Å². The summed E-state index contributed by atoms with van der Waals surface area (Å²) < 4.78 is 7.19. The molecule has 1 atom stereocenters. The summed E-state index contributed by atoms with van der Waals surface area (Å²) in [4.78, 5) is 14.3. The molecule has 1 fully saturated rings. The molecule has 24 heavy (non-hydrogen) atoms. The molecule has 1 aliphatic heterocycles. The van der Waals surface area contributed by atoms with Crippen LogP contribution in [0.5, 0.6) is 5.75 Å². The number of rotatable bonds is 5. The van der Waals surface area contributed by atoms with E-state index in [0.717, 1.165) is 24.1 Å². The van der Waals surface area contributed by atoms with Crippen molar-refractivity contribution in [3.8, 4) is 23.1 Å². The Kier molecular flexibility index (Phi) is 4.52. The lowest BCUT2D eigenvalue weighted by Gasteiger charge is -2.11. The molecular formula is C18H20N4O2. The Hall–Kier alpha value is -2.81. The average Bonchev–Trinajstić information content (AvgIpc) is 3.23. The second-order valence-corrected chi connectivity index (χ2v) is 6.15. The highest BCUT2D eigenvalue weighted by Crippen LogP contribution is 2.31. The summed E-state index contributed by atoms with van der Waals surface area (Å²) in [6.45, 7) is 1.42. The molecule has 1 saturated heterocycles. The van der Waals surface area contributed by atoms with E-state index < -0.39 is 0 Å². The molecule has 0 N–H and O–H groups in total. The Bertz CT molecular complexity index is 791. The summed E-state index contributed by atoms with van der Waals surface area (Å²) in [5.74, 6) is 1.01. The third kappa shape index (κ3) is 3.25. The van der Waals surface area contributed by atoms with Gasteiger partial charge in [0.1, 0.15) is 5.75 Å². The second-order valence-electron chi connectivity index (χ2n) is 6.15. The lowest BCUT2D eigenvalue weighted by atomic mass is 9.96. The monoisotopic (exact) mass is 324 g/mol. The van der Waals surface area contributed by atoms with Gasteiger partial charge in [0.2, 0.25) is 0 Å². The predicted molar refractivity (Wildman–Crippen MR) is 89.4 cm³/mol. The van der Waals surface area contributed by atoms with E-state index in [1.807, 2.05) is 25.4 Å². The molecule has 3 rings (SSSR count). The van der Waals surface area contributed by atoms with Crippen LogP contribution in [0.3, 0.4) is 0 Å². The van der Waals surface area contributed by atoms with Crippen LogP contribution in [0.1, 0.15) is 23.2 Å². The molecule has 6 nitrogen and oxygen atoms in total. The third-order valence-electron chi connectivity index (χ3n) is 4.44. The lowest BCUT2D eigenvalue weighted by molar-refractivity contribution is 0.0963. The van der Waals surface area contributed by atoms with E-state index >= 15 is 0 Å². The highest BCUT2D eigenvalue weighted by molar-refractivity contribution is 5.97. The quantitative estimate of drug-likeness (QED) is 0.624. The molecule has 0 saturated carbocycles. The molecule has 0 bridgehead atoms. The number of methoxy groups -OCH3 is 1. The zero-order chi connectivity index (χ0) is 17.1. The SMILES string of the molecule is COc1cc(C(=O)C[C@@H]2CCN(C#N)C2)ccc1-c1cnn(C)c1. The van der Waals surface area contributed by atoms with Gasteiger partial charge in [0.15, 0.2) is 12.0 Å². The zero-order valence-electron chi connectivity index (χ0n) is 13.9. The molecular weight excluding hydrogens is 304 g/mol. The van der Waals surface area contributed by atoms with Crippen LogP contribution in [0.15, 0.2) is 30.6 Å². The number of carbonyl (C=O) groups is 1. The maximum absolute atomic E-state index is 12.5. The minimum Gasteiger partial charge on any atom is -0.496 e. The van der Waals surface area contributed by atoms with Crippen LogP contribution >= 0.6 is 0 Å². The Labute approximate surface area is 141 Å². The lowest BCUT2D eigenvalue weighted by Crippen LogP contribution is -2.15. The van der Waals surface area contributed by atoms with Crippen molar-refractivity contribution in [2.75, 3.05) is 20.2 Å². The number of ether oxygens (including phenoxy) is 1. The standard InChI is InChI=1S/C18H20N4O2/c1-21-11-15(9-20-21)16-4-3-14(8-18(16)24-2)17(23)7-13-5-6-22(10-13)12-19/h3-4,8-9,11,13H,5-7,10H2,1-2H3/t13-/m0/s1. The summed E-state index contributed by atoms with van der Waals surface area (Å²) >= 11 is 0. The van der Waals surface area contributed by atoms with Crippen LogP contribution in [-0.4, -0.2) is 40.7 Å². The number of Topliss-reactive ketones (excluding diaryl/α,β-unsaturated/α-hetero) is 1. The third-order valence-corrected chi connectivity index (χ3v) is 4.44. The van der Waals surface area contributed by atoms with E-state index in [-0.39, 0.29) is 11.7 Å². The molecule has 0 radical (unpaired) electrons. The number of benzene rings is 1. The van der Waals surface area contributed by atoms with Gasteiger partial charge in [-0.15, -0.1) is 0 Å². The first kappa shape index (κ1) is 16.1. The Morgan fingerprint density at radius 2 is 2.33 bits per heavy atom. The number of aryl methyl sites for hydroxylation is 1. The van der Waals surface area contributed by atoms with Gasteiger partial charge in [-0.1, -0.05) is 6.07 Å². The van der Waals surface area contributed by atoms with Crippen LogP contribution in [-0.2, 0) is 7.05 Å². The number of hydrogen-bond acceptors (Lipinski definition) is 5. The van der Waals surface area contributed by atoms with Gasteiger partial charge in [0.25, 0.3) is 0 Å². The van der Waals surface area contributed by atoms with Crippen molar-refractivity contribution in [2.45, 2.75) is 12.8 Å². The smallest absolute Gasteiger partial charge is 0.179 e. The summed E-state index contributed by atoms with van der Waals surface area (Å²) in [5, 5.41) is 13.1. The first-order valence-electron chi connectivity index (χ1n) is 7.95. The van der Waals surface area contributed by atoms with Gasteiger partial charge >= 0.3 is 0 Å². The largest absolute Gasteiger partial charge is 0.496 e. The zero-order valence-corrected chi connectivity index (χ0v) is 13.9. The van der Waals surface area contributed by atoms with Gasteiger partial charge < -0.3 is 9.64 Å². The van der Waals surface area contributed by atoms with E-state index in [4.69, 9.17) is 10.00 Å². The van der Waals surface area contributed by atoms with E-state index in [1.165, 1.54) is 0 Å². The molecule has 0 spiro atoms. The topological polar surface area (TPSA) is 71.2 Å². The summed E-state index contributed by atoms with van der Waals surface area (Å²) in [6.07, 6.45) is 7.19. The maximum atomic E-state index is 12.5. The van der Waals surface area contributed by atoms with E-state index in [2.05, 4.69) is 11.3 Å². The normalized spacial score (nSPS) is 16.9.